The van der Waals surface area contributed by atoms with Crippen molar-refractivity contribution in [1.29, 1.82) is 0 Å². The van der Waals surface area contributed by atoms with Crippen LogP contribution in [0.4, 0.5) is 0 Å². The van der Waals surface area contributed by atoms with Gasteiger partial charge in [0.2, 0.25) is 17.7 Å². The van der Waals surface area contributed by atoms with Crippen LogP contribution >= 0.6 is 0 Å². The number of rotatable bonds is 13. The lowest BCUT2D eigenvalue weighted by Gasteiger charge is -2.22. The molecule has 0 aliphatic carbocycles. The van der Waals surface area contributed by atoms with Crippen LogP contribution in [0.5, 0.6) is 0 Å². The summed E-state index contributed by atoms with van der Waals surface area (Å²) in [6, 6.07) is 5.79. The Labute approximate surface area is 169 Å². The zero-order valence-corrected chi connectivity index (χ0v) is 16.2. The van der Waals surface area contributed by atoms with E-state index < -0.39 is 48.2 Å². The number of carbonyl (C=O) groups excluding carboxylic acids is 3. The fraction of sp³-hybridized carbons (Fsp3) is 0.474. The highest BCUT2D eigenvalue weighted by Gasteiger charge is 2.28. The van der Waals surface area contributed by atoms with Gasteiger partial charge in [0.25, 0.3) is 0 Å². The number of aliphatic carboxylic acids is 1. The van der Waals surface area contributed by atoms with E-state index in [9.17, 15) is 19.2 Å². The third kappa shape index (κ3) is 9.17. The van der Waals surface area contributed by atoms with E-state index in [1.54, 1.807) is 0 Å². The Hall–Kier alpha value is -2.98. The number of amides is 3. The van der Waals surface area contributed by atoms with Crippen molar-refractivity contribution in [2.75, 3.05) is 6.54 Å². The molecule has 160 valence electrons. The molecule has 10 nitrogen and oxygen atoms in total. The fourth-order valence-corrected chi connectivity index (χ4v) is 2.67. The molecular weight excluding hydrogens is 378 g/mol. The fourth-order valence-electron chi connectivity index (χ4n) is 2.67. The molecule has 0 bridgehead atoms. The lowest BCUT2D eigenvalue weighted by molar-refractivity contribution is -0.143. The van der Waals surface area contributed by atoms with Crippen molar-refractivity contribution in [2.24, 2.45) is 17.2 Å². The molecule has 1 rings (SSSR count). The van der Waals surface area contributed by atoms with E-state index in [1.807, 2.05) is 30.3 Å². The Morgan fingerprint density at radius 3 is 2.14 bits per heavy atom. The Morgan fingerprint density at radius 2 is 1.59 bits per heavy atom. The first-order valence-electron chi connectivity index (χ1n) is 9.36. The highest BCUT2D eigenvalue weighted by Crippen LogP contribution is 2.06. The second-order valence-electron chi connectivity index (χ2n) is 6.71. The first-order chi connectivity index (χ1) is 13.7. The lowest BCUT2D eigenvalue weighted by Crippen LogP contribution is -2.55. The average Bonchev–Trinajstić information content (AvgIpc) is 2.66. The summed E-state index contributed by atoms with van der Waals surface area (Å²) in [6.45, 7) is 0.412. The number of unbranched alkanes of at least 4 members (excludes halogenated alkanes) is 1. The molecule has 0 aliphatic rings. The van der Waals surface area contributed by atoms with Gasteiger partial charge in [-0.25, -0.2) is 4.79 Å². The summed E-state index contributed by atoms with van der Waals surface area (Å²) >= 11 is 0. The second kappa shape index (κ2) is 12.5. The lowest BCUT2D eigenvalue weighted by atomic mass is 10.0. The number of hydrogen-bond acceptors (Lipinski definition) is 6. The van der Waals surface area contributed by atoms with Crippen LogP contribution in [0, 0.1) is 0 Å². The predicted octanol–water partition coefficient (Wildman–Crippen LogP) is -1.38. The van der Waals surface area contributed by atoms with Crippen LogP contribution < -0.4 is 27.8 Å². The number of benzene rings is 1. The third-order valence-electron chi connectivity index (χ3n) is 4.24. The standard InChI is InChI=1S/C19H29N5O5/c20-9-5-4-8-14(18(27)24-15(19(28)29)11-16(22)25)23-17(26)13(21)10-12-6-2-1-3-7-12/h1-3,6-7,13-15H,4-5,8-11,20-21H2,(H2,22,25)(H,23,26)(H,24,27)(H,28,29). The molecule has 0 aromatic heterocycles. The summed E-state index contributed by atoms with van der Waals surface area (Å²) in [7, 11) is 0. The first-order valence-corrected chi connectivity index (χ1v) is 9.36. The van der Waals surface area contributed by atoms with Gasteiger partial charge >= 0.3 is 5.97 Å². The van der Waals surface area contributed by atoms with Crippen LogP contribution in [0.3, 0.4) is 0 Å². The van der Waals surface area contributed by atoms with Crippen LogP contribution in [0.2, 0.25) is 0 Å². The van der Waals surface area contributed by atoms with Gasteiger partial charge in [0.05, 0.1) is 12.5 Å². The van der Waals surface area contributed by atoms with Gasteiger partial charge in [-0.2, -0.15) is 0 Å². The Bertz CT molecular complexity index is 697. The van der Waals surface area contributed by atoms with E-state index in [4.69, 9.17) is 22.3 Å². The van der Waals surface area contributed by atoms with Crippen molar-refractivity contribution in [2.45, 2.75) is 50.2 Å². The van der Waals surface area contributed by atoms with Gasteiger partial charge in [0, 0.05) is 0 Å². The SMILES string of the molecule is NCCCCC(NC(=O)C(N)Cc1ccccc1)C(=O)NC(CC(N)=O)C(=O)O. The molecule has 0 spiro atoms. The largest absolute Gasteiger partial charge is 0.480 e. The minimum Gasteiger partial charge on any atom is -0.480 e. The van der Waals surface area contributed by atoms with Crippen LogP contribution in [0.1, 0.15) is 31.2 Å². The van der Waals surface area contributed by atoms with E-state index in [0.29, 0.717) is 19.4 Å². The van der Waals surface area contributed by atoms with Crippen molar-refractivity contribution < 1.29 is 24.3 Å². The number of primary amides is 1. The minimum atomic E-state index is -1.48. The quantitative estimate of drug-likeness (QED) is 0.217. The molecule has 0 saturated carbocycles. The third-order valence-corrected chi connectivity index (χ3v) is 4.24. The zero-order chi connectivity index (χ0) is 21.8. The van der Waals surface area contributed by atoms with Gasteiger partial charge in [0.15, 0.2) is 0 Å². The second-order valence-corrected chi connectivity index (χ2v) is 6.71. The molecule has 29 heavy (non-hydrogen) atoms. The summed E-state index contributed by atoms with van der Waals surface area (Å²) < 4.78 is 0. The van der Waals surface area contributed by atoms with Crippen LogP contribution in [0.25, 0.3) is 0 Å². The molecule has 1 aromatic carbocycles. The van der Waals surface area contributed by atoms with Gasteiger partial charge in [-0.3, -0.25) is 14.4 Å². The van der Waals surface area contributed by atoms with Gasteiger partial charge in [0.1, 0.15) is 12.1 Å². The molecule has 10 heteroatoms. The molecule has 3 atom stereocenters. The summed E-state index contributed by atoms with van der Waals surface area (Å²) in [5.41, 5.74) is 17.3. The van der Waals surface area contributed by atoms with Crippen molar-refractivity contribution >= 4 is 23.7 Å². The topological polar surface area (TPSA) is 191 Å². The van der Waals surface area contributed by atoms with Crippen LogP contribution in [0.15, 0.2) is 30.3 Å². The number of carboxylic acids is 1. The van der Waals surface area contributed by atoms with E-state index in [1.165, 1.54) is 0 Å². The average molecular weight is 407 g/mol. The van der Waals surface area contributed by atoms with Crippen molar-refractivity contribution in [3.8, 4) is 0 Å². The molecule has 0 heterocycles. The van der Waals surface area contributed by atoms with E-state index in [2.05, 4.69) is 10.6 Å². The zero-order valence-electron chi connectivity index (χ0n) is 16.2. The predicted molar refractivity (Wildman–Crippen MR) is 106 cm³/mol. The molecular formula is C19H29N5O5. The molecule has 3 amide bonds. The van der Waals surface area contributed by atoms with Crippen LogP contribution in [-0.2, 0) is 25.6 Å². The van der Waals surface area contributed by atoms with E-state index in [-0.39, 0.29) is 12.8 Å². The number of carbonyl (C=O) groups is 4. The Balaban J connectivity index is 2.78. The molecule has 1 aromatic rings. The van der Waals surface area contributed by atoms with E-state index in [0.717, 1.165) is 5.56 Å². The smallest absolute Gasteiger partial charge is 0.326 e. The van der Waals surface area contributed by atoms with Gasteiger partial charge in [-0.1, -0.05) is 30.3 Å². The number of hydrogen-bond donors (Lipinski definition) is 6. The Kier molecular flexibility index (Phi) is 10.3. The van der Waals surface area contributed by atoms with Gasteiger partial charge in [-0.05, 0) is 37.8 Å². The normalized spacial score (nSPS) is 13.7. The number of carboxylic acid groups (broad SMARTS) is 1. The molecule has 9 N–H and O–H groups in total. The summed E-state index contributed by atoms with van der Waals surface area (Å²) in [5, 5.41) is 14.0. The van der Waals surface area contributed by atoms with Crippen molar-refractivity contribution in [1.82, 2.24) is 10.6 Å². The summed E-state index contributed by atoms with van der Waals surface area (Å²) in [5.74, 6) is -3.53. The number of nitrogens with two attached hydrogens (primary N) is 3. The summed E-state index contributed by atoms with van der Waals surface area (Å²) in [4.78, 5) is 47.3. The number of nitrogens with one attached hydrogen (secondary N) is 2. The maximum atomic E-state index is 12.5. The molecule has 0 fully saturated rings. The minimum absolute atomic E-state index is 0.246. The van der Waals surface area contributed by atoms with E-state index >= 15 is 0 Å². The van der Waals surface area contributed by atoms with Crippen molar-refractivity contribution in [3.05, 3.63) is 35.9 Å². The first kappa shape index (κ1) is 24.1. The molecule has 0 radical (unpaired) electrons. The van der Waals surface area contributed by atoms with Gasteiger partial charge < -0.3 is 32.9 Å². The maximum Gasteiger partial charge on any atom is 0.326 e. The van der Waals surface area contributed by atoms with Crippen molar-refractivity contribution in [3.63, 3.8) is 0 Å². The molecule has 0 saturated heterocycles. The Morgan fingerprint density at radius 1 is 0.966 bits per heavy atom. The summed E-state index contributed by atoms with van der Waals surface area (Å²) in [6.07, 6.45) is 1.13. The maximum absolute atomic E-state index is 12.5. The van der Waals surface area contributed by atoms with Gasteiger partial charge in [-0.15, -0.1) is 0 Å². The molecule has 0 aliphatic heterocycles. The highest BCUT2D eigenvalue weighted by atomic mass is 16.4. The molecule has 3 unspecified atom stereocenters. The highest BCUT2D eigenvalue weighted by molar-refractivity contribution is 5.93. The van der Waals surface area contributed by atoms with Crippen LogP contribution in [-0.4, -0.2) is 53.5 Å². The monoisotopic (exact) mass is 407 g/mol.